The fourth-order valence-corrected chi connectivity index (χ4v) is 6.45. The predicted octanol–water partition coefficient (Wildman–Crippen LogP) is 7.15. The Bertz CT molecular complexity index is 1170. The largest absolute Gasteiger partial charge is 0.465 e. The van der Waals surface area contributed by atoms with Gasteiger partial charge in [-0.3, -0.25) is 4.90 Å². The molecule has 1 unspecified atom stereocenters. The molecule has 3 aliphatic rings. The lowest BCUT2D eigenvalue weighted by atomic mass is 9.48. The summed E-state index contributed by atoms with van der Waals surface area (Å²) in [5, 5.41) is 14.2. The Labute approximate surface area is 224 Å². The molecule has 3 aliphatic carbocycles. The van der Waals surface area contributed by atoms with Gasteiger partial charge in [0.2, 0.25) is 0 Å². The fraction of sp³-hybridized carbons (Fsp3) is 0.667. The zero-order chi connectivity index (χ0) is 27.6. The molecule has 0 saturated heterocycles. The van der Waals surface area contributed by atoms with E-state index in [1.165, 1.54) is 13.8 Å². The van der Waals surface area contributed by atoms with Crippen LogP contribution in [0.5, 0.6) is 0 Å². The van der Waals surface area contributed by atoms with Crippen molar-refractivity contribution in [3.63, 3.8) is 0 Å². The Kier molecular flexibility index (Phi) is 6.81. The highest BCUT2D eigenvalue weighted by Gasteiger charge is 2.65. The number of alkyl halides is 4. The zero-order valence-corrected chi connectivity index (χ0v) is 23.0. The second kappa shape index (κ2) is 9.01. The molecule has 2 aromatic heterocycles. The molecule has 1 amide bonds. The lowest BCUT2D eigenvalue weighted by molar-refractivity contribution is -0.233. The Morgan fingerprint density at radius 2 is 1.68 bits per heavy atom. The molecular formula is C24H28F5IN4O3. The van der Waals surface area contributed by atoms with Crippen molar-refractivity contribution in [1.29, 1.82) is 0 Å². The van der Waals surface area contributed by atoms with Crippen LogP contribution in [0.25, 0.3) is 0 Å². The molecule has 7 nitrogen and oxygen atoms in total. The van der Waals surface area contributed by atoms with E-state index in [9.17, 15) is 31.9 Å². The zero-order valence-electron chi connectivity index (χ0n) is 20.8. The van der Waals surface area contributed by atoms with Crippen molar-refractivity contribution in [2.45, 2.75) is 89.5 Å². The van der Waals surface area contributed by atoms with Gasteiger partial charge in [0.25, 0.3) is 5.89 Å². The van der Waals surface area contributed by atoms with Gasteiger partial charge in [-0.25, -0.2) is 18.6 Å². The quantitative estimate of drug-likeness (QED) is 0.266. The maximum Gasteiger partial charge on any atom is 0.413 e. The number of carbonyl (C=O) groups is 1. The highest BCUT2D eigenvalue weighted by atomic mass is 127. The first-order chi connectivity index (χ1) is 16.9. The smallest absolute Gasteiger partial charge is 0.413 e. The van der Waals surface area contributed by atoms with Gasteiger partial charge < -0.3 is 9.63 Å². The average Bonchev–Trinajstić information content (AvgIpc) is 3.31. The first kappa shape index (κ1) is 28.0. The van der Waals surface area contributed by atoms with Crippen molar-refractivity contribution in [3.05, 3.63) is 33.4 Å². The second-order valence-corrected chi connectivity index (χ2v) is 12.4. The highest BCUT2D eigenvalue weighted by molar-refractivity contribution is 14.1. The molecule has 13 heteroatoms. The maximum absolute atomic E-state index is 14.5. The van der Waals surface area contributed by atoms with Crippen LogP contribution in [0.1, 0.15) is 77.9 Å². The predicted molar refractivity (Wildman–Crippen MR) is 131 cm³/mol. The molecule has 0 spiro atoms. The van der Waals surface area contributed by atoms with Crippen molar-refractivity contribution in [1.82, 2.24) is 15.1 Å². The SMILES string of the molecule is CC(C)(F)c1nc(C23CCC(C(N(C(=O)O)c4cc(I)c(F)cn4)C(C)(C)C(F)(F)F)(CC2)CC3)no1. The van der Waals surface area contributed by atoms with Gasteiger partial charge in [-0.05, 0) is 100 Å². The van der Waals surface area contributed by atoms with Crippen molar-refractivity contribution < 1.29 is 36.4 Å². The summed E-state index contributed by atoms with van der Waals surface area (Å²) in [6.07, 6.45) is -3.54. The molecule has 5 rings (SSSR count). The molecule has 0 radical (unpaired) electrons. The number of anilines is 1. The van der Waals surface area contributed by atoms with E-state index in [4.69, 9.17) is 4.52 Å². The van der Waals surface area contributed by atoms with Gasteiger partial charge in [-0.2, -0.15) is 18.2 Å². The summed E-state index contributed by atoms with van der Waals surface area (Å²) in [7, 11) is 0. The number of hydrogen-bond donors (Lipinski definition) is 1. The van der Waals surface area contributed by atoms with Gasteiger partial charge >= 0.3 is 12.3 Å². The van der Waals surface area contributed by atoms with Crippen molar-refractivity contribution in [2.75, 3.05) is 4.90 Å². The number of rotatable bonds is 6. The van der Waals surface area contributed by atoms with E-state index in [2.05, 4.69) is 15.1 Å². The molecule has 1 atom stereocenters. The summed E-state index contributed by atoms with van der Waals surface area (Å²) < 4.78 is 77.0. The van der Waals surface area contributed by atoms with Crippen molar-refractivity contribution in [2.24, 2.45) is 10.8 Å². The highest BCUT2D eigenvalue weighted by Crippen LogP contribution is 2.63. The molecule has 1 N–H and O–H groups in total. The Morgan fingerprint density at radius 3 is 2.11 bits per heavy atom. The van der Waals surface area contributed by atoms with Gasteiger partial charge in [0.1, 0.15) is 5.82 Å². The molecule has 3 fully saturated rings. The molecule has 2 aromatic rings. The number of halogens is 6. The van der Waals surface area contributed by atoms with E-state index in [-0.39, 0.29) is 34.5 Å². The lowest BCUT2D eigenvalue weighted by Crippen LogP contribution is -2.65. The van der Waals surface area contributed by atoms with Crippen molar-refractivity contribution in [3.8, 4) is 0 Å². The number of fused-ring (bicyclic) bond motifs is 3. The van der Waals surface area contributed by atoms with Gasteiger partial charge in [-0.15, -0.1) is 0 Å². The van der Waals surface area contributed by atoms with Crippen LogP contribution in [-0.4, -0.2) is 38.5 Å². The van der Waals surface area contributed by atoms with Crippen LogP contribution < -0.4 is 4.90 Å². The van der Waals surface area contributed by atoms with Crippen LogP contribution in [0.2, 0.25) is 0 Å². The molecule has 3 saturated carbocycles. The average molecular weight is 642 g/mol. The standard InChI is InChI=1S/C24H28F5IN4O3/c1-20(2,24(27,28)29)16(34(19(35)36)15-11-14(30)13(25)12-31-15)22-5-8-23(9-6-22,10-7-22)17-32-18(37-33-17)21(3,4)26/h11-12,16H,5-10H2,1-4H3,(H,35,36). The van der Waals surface area contributed by atoms with Crippen LogP contribution in [0.3, 0.4) is 0 Å². The number of nitrogens with zero attached hydrogens (tertiary/aromatic N) is 4. The summed E-state index contributed by atoms with van der Waals surface area (Å²) in [6.45, 7) is 4.59. The van der Waals surface area contributed by atoms with Gasteiger partial charge in [0.05, 0.1) is 21.2 Å². The summed E-state index contributed by atoms with van der Waals surface area (Å²) in [5.41, 5.74) is -5.91. The molecule has 204 valence electrons. The summed E-state index contributed by atoms with van der Waals surface area (Å²) in [6, 6.07) is -0.384. The first-order valence-electron chi connectivity index (χ1n) is 11.9. The maximum atomic E-state index is 14.5. The van der Waals surface area contributed by atoms with Crippen LogP contribution in [-0.2, 0) is 11.1 Å². The number of aromatic nitrogens is 3. The first-order valence-corrected chi connectivity index (χ1v) is 12.9. The molecule has 0 aliphatic heterocycles. The monoisotopic (exact) mass is 642 g/mol. The van der Waals surface area contributed by atoms with E-state index in [1.807, 2.05) is 0 Å². The summed E-state index contributed by atoms with van der Waals surface area (Å²) in [5.74, 6) is -0.789. The Balaban J connectivity index is 1.77. The lowest BCUT2D eigenvalue weighted by Gasteiger charge is -2.60. The third-order valence-electron chi connectivity index (χ3n) is 8.21. The third-order valence-corrected chi connectivity index (χ3v) is 9.04. The minimum Gasteiger partial charge on any atom is -0.465 e. The van der Waals surface area contributed by atoms with Gasteiger partial charge in [-0.1, -0.05) is 5.16 Å². The Hall–Kier alpha value is -2.06. The fourth-order valence-electron chi connectivity index (χ4n) is 6.03. The van der Waals surface area contributed by atoms with Crippen LogP contribution >= 0.6 is 22.6 Å². The van der Waals surface area contributed by atoms with E-state index >= 15 is 0 Å². The Morgan fingerprint density at radius 1 is 1.11 bits per heavy atom. The molecule has 0 aromatic carbocycles. The normalized spacial score (nSPS) is 25.2. The topological polar surface area (TPSA) is 92.4 Å². The van der Waals surface area contributed by atoms with Crippen molar-refractivity contribution >= 4 is 34.5 Å². The number of hydrogen-bond acceptors (Lipinski definition) is 5. The summed E-state index contributed by atoms with van der Waals surface area (Å²) >= 11 is 1.65. The summed E-state index contributed by atoms with van der Waals surface area (Å²) in [4.78, 5) is 21.4. The molecule has 2 bridgehead atoms. The van der Waals surface area contributed by atoms with Gasteiger partial charge in [0, 0.05) is 5.41 Å². The van der Waals surface area contributed by atoms with E-state index in [0.29, 0.717) is 30.0 Å². The second-order valence-electron chi connectivity index (χ2n) is 11.3. The number of carboxylic acid groups (broad SMARTS) is 1. The van der Waals surface area contributed by atoms with E-state index in [0.717, 1.165) is 26.1 Å². The van der Waals surface area contributed by atoms with Gasteiger partial charge in [0.15, 0.2) is 17.3 Å². The minimum atomic E-state index is -4.74. The van der Waals surface area contributed by atoms with E-state index < -0.39 is 46.0 Å². The molecule has 37 heavy (non-hydrogen) atoms. The number of amides is 1. The van der Waals surface area contributed by atoms with E-state index in [1.54, 1.807) is 22.6 Å². The molecular weight excluding hydrogens is 614 g/mol. The van der Waals surface area contributed by atoms with Crippen LogP contribution in [0.4, 0.5) is 32.6 Å². The third kappa shape index (κ3) is 4.69. The van der Waals surface area contributed by atoms with Crippen LogP contribution in [0, 0.1) is 20.2 Å². The minimum absolute atomic E-state index is 0.0462. The van der Waals surface area contributed by atoms with Crippen LogP contribution in [0.15, 0.2) is 16.8 Å². The molecule has 2 heterocycles. The number of pyridine rings is 1.